The van der Waals surface area contributed by atoms with Crippen LogP contribution in [0.5, 0.6) is 0 Å². The highest BCUT2D eigenvalue weighted by atomic mass is 16.8. The topological polar surface area (TPSA) is 31.0 Å². The lowest BCUT2D eigenvalue weighted by molar-refractivity contribution is -0.149. The predicted molar refractivity (Wildman–Crippen MR) is 53.0 cm³/mol. The van der Waals surface area contributed by atoms with Crippen LogP contribution in [0.3, 0.4) is 0 Å². The van der Waals surface area contributed by atoms with Crippen LogP contribution in [0, 0.1) is 5.92 Å². The van der Waals surface area contributed by atoms with E-state index in [1.54, 1.807) is 0 Å². The average Bonchev–Trinajstić information content (AvgIpc) is 2.69. The summed E-state index contributed by atoms with van der Waals surface area (Å²) in [6.07, 6.45) is 1.08. The largest absolute Gasteiger partial charge is 0.369 e. The van der Waals surface area contributed by atoms with E-state index in [-0.39, 0.29) is 12.2 Å². The lowest BCUT2D eigenvalue weighted by Gasteiger charge is -2.20. The SMILES string of the molecule is C[C@@H]([C@H]1O[C@H]1C)[C@H]1OC(C)(C)O[C@@H]1C. The molecule has 0 aromatic rings. The number of epoxide rings is 1. The van der Waals surface area contributed by atoms with Gasteiger partial charge in [0.05, 0.1) is 24.4 Å². The molecule has 2 fully saturated rings. The van der Waals surface area contributed by atoms with Crippen molar-refractivity contribution in [2.45, 2.75) is 64.8 Å². The van der Waals surface area contributed by atoms with Gasteiger partial charge in [-0.3, -0.25) is 0 Å². The maximum Gasteiger partial charge on any atom is 0.163 e. The second-order valence-electron chi connectivity index (χ2n) is 4.97. The van der Waals surface area contributed by atoms with E-state index in [9.17, 15) is 0 Å². The average molecular weight is 200 g/mol. The predicted octanol–water partition coefficient (Wildman–Crippen LogP) is 1.95. The van der Waals surface area contributed by atoms with Crippen molar-refractivity contribution in [3.05, 3.63) is 0 Å². The third kappa shape index (κ3) is 1.81. The van der Waals surface area contributed by atoms with E-state index in [1.807, 2.05) is 13.8 Å². The van der Waals surface area contributed by atoms with Crippen molar-refractivity contribution in [3.8, 4) is 0 Å². The van der Waals surface area contributed by atoms with E-state index >= 15 is 0 Å². The highest BCUT2D eigenvalue weighted by Gasteiger charge is 2.49. The number of ether oxygens (including phenoxy) is 3. The summed E-state index contributed by atoms with van der Waals surface area (Å²) in [5, 5.41) is 0. The van der Waals surface area contributed by atoms with Crippen LogP contribution in [-0.2, 0) is 14.2 Å². The number of hydrogen-bond donors (Lipinski definition) is 0. The Hall–Kier alpha value is -0.120. The van der Waals surface area contributed by atoms with E-state index < -0.39 is 5.79 Å². The van der Waals surface area contributed by atoms with Gasteiger partial charge in [0.15, 0.2) is 5.79 Å². The van der Waals surface area contributed by atoms with Gasteiger partial charge >= 0.3 is 0 Å². The summed E-state index contributed by atoms with van der Waals surface area (Å²) in [6.45, 7) is 10.3. The van der Waals surface area contributed by atoms with Crippen LogP contribution in [0.4, 0.5) is 0 Å². The molecular formula is C11H20O3. The molecule has 2 heterocycles. The van der Waals surface area contributed by atoms with Crippen LogP contribution >= 0.6 is 0 Å². The fourth-order valence-electron chi connectivity index (χ4n) is 2.44. The zero-order chi connectivity index (χ0) is 10.5. The molecule has 0 aliphatic carbocycles. The maximum absolute atomic E-state index is 5.87. The Bertz CT molecular complexity index is 227. The molecule has 0 radical (unpaired) electrons. The first-order chi connectivity index (χ1) is 6.41. The van der Waals surface area contributed by atoms with E-state index in [0.29, 0.717) is 18.1 Å². The second kappa shape index (κ2) is 3.19. The Morgan fingerprint density at radius 3 is 1.93 bits per heavy atom. The van der Waals surface area contributed by atoms with Gasteiger partial charge in [0, 0.05) is 5.92 Å². The summed E-state index contributed by atoms with van der Waals surface area (Å²) in [5.41, 5.74) is 0. The van der Waals surface area contributed by atoms with Crippen LogP contribution in [0.2, 0.25) is 0 Å². The summed E-state index contributed by atoms with van der Waals surface area (Å²) in [7, 11) is 0. The molecule has 0 aromatic heterocycles. The third-order valence-corrected chi connectivity index (χ3v) is 3.15. The maximum atomic E-state index is 5.87. The van der Waals surface area contributed by atoms with Crippen LogP contribution in [0.15, 0.2) is 0 Å². The molecule has 0 spiro atoms. The summed E-state index contributed by atoms with van der Waals surface area (Å²) in [4.78, 5) is 0. The normalized spacial score (nSPS) is 47.8. The third-order valence-electron chi connectivity index (χ3n) is 3.15. The van der Waals surface area contributed by atoms with Crippen LogP contribution in [0.25, 0.3) is 0 Å². The van der Waals surface area contributed by atoms with Crippen molar-refractivity contribution >= 4 is 0 Å². The lowest BCUT2D eigenvalue weighted by atomic mass is 9.96. The highest BCUT2D eigenvalue weighted by Crippen LogP contribution is 2.39. The Morgan fingerprint density at radius 2 is 1.57 bits per heavy atom. The molecule has 2 aliphatic heterocycles. The molecule has 2 saturated heterocycles. The zero-order valence-electron chi connectivity index (χ0n) is 9.61. The van der Waals surface area contributed by atoms with Gasteiger partial charge in [-0.05, 0) is 27.7 Å². The Balaban J connectivity index is 1.98. The van der Waals surface area contributed by atoms with Gasteiger partial charge < -0.3 is 14.2 Å². The van der Waals surface area contributed by atoms with Gasteiger partial charge in [0.2, 0.25) is 0 Å². The Labute approximate surface area is 85.7 Å². The van der Waals surface area contributed by atoms with E-state index in [0.717, 1.165) is 0 Å². The van der Waals surface area contributed by atoms with Crippen molar-refractivity contribution in [1.29, 1.82) is 0 Å². The molecule has 0 N–H and O–H groups in total. The number of hydrogen-bond acceptors (Lipinski definition) is 3. The van der Waals surface area contributed by atoms with Gasteiger partial charge in [0.25, 0.3) is 0 Å². The summed E-state index contributed by atoms with van der Waals surface area (Å²) < 4.78 is 17.1. The standard InChI is InChI=1S/C11H20O3/c1-6(9-7(2)12-9)10-8(3)13-11(4,5)14-10/h6-10H,1-5H3/t6-,7-,8+,9+,10+/m0/s1. The highest BCUT2D eigenvalue weighted by molar-refractivity contribution is 4.93. The number of rotatable bonds is 2. The minimum Gasteiger partial charge on any atom is -0.369 e. The van der Waals surface area contributed by atoms with Gasteiger partial charge in [-0.1, -0.05) is 6.92 Å². The van der Waals surface area contributed by atoms with E-state index in [2.05, 4.69) is 20.8 Å². The molecule has 0 bridgehead atoms. The molecule has 82 valence electrons. The van der Waals surface area contributed by atoms with Crippen LogP contribution in [0.1, 0.15) is 34.6 Å². The molecule has 3 nitrogen and oxygen atoms in total. The zero-order valence-corrected chi connectivity index (χ0v) is 9.61. The van der Waals surface area contributed by atoms with E-state index in [1.165, 1.54) is 0 Å². The lowest BCUT2D eigenvalue weighted by Crippen LogP contribution is -2.31. The minimum atomic E-state index is -0.434. The molecule has 2 rings (SSSR count). The van der Waals surface area contributed by atoms with Crippen molar-refractivity contribution in [2.75, 3.05) is 0 Å². The van der Waals surface area contributed by atoms with Crippen molar-refractivity contribution < 1.29 is 14.2 Å². The molecule has 0 aromatic carbocycles. The summed E-state index contributed by atoms with van der Waals surface area (Å²) in [6, 6.07) is 0. The molecule has 0 amide bonds. The molecule has 14 heavy (non-hydrogen) atoms. The van der Waals surface area contributed by atoms with Crippen molar-refractivity contribution in [2.24, 2.45) is 5.92 Å². The minimum absolute atomic E-state index is 0.163. The first-order valence-corrected chi connectivity index (χ1v) is 5.42. The molecule has 0 saturated carbocycles. The Morgan fingerprint density at radius 1 is 1.00 bits per heavy atom. The van der Waals surface area contributed by atoms with Crippen LogP contribution in [-0.4, -0.2) is 30.2 Å². The molecule has 5 atom stereocenters. The molecular weight excluding hydrogens is 180 g/mol. The molecule has 2 aliphatic rings. The summed E-state index contributed by atoms with van der Waals surface area (Å²) >= 11 is 0. The van der Waals surface area contributed by atoms with Crippen molar-refractivity contribution in [1.82, 2.24) is 0 Å². The molecule has 3 heteroatoms. The van der Waals surface area contributed by atoms with Gasteiger partial charge in [-0.15, -0.1) is 0 Å². The first-order valence-electron chi connectivity index (χ1n) is 5.42. The van der Waals surface area contributed by atoms with Gasteiger partial charge in [-0.2, -0.15) is 0 Å². The van der Waals surface area contributed by atoms with Gasteiger partial charge in [-0.25, -0.2) is 0 Å². The molecule has 0 unspecified atom stereocenters. The smallest absolute Gasteiger partial charge is 0.163 e. The van der Waals surface area contributed by atoms with Crippen molar-refractivity contribution in [3.63, 3.8) is 0 Å². The monoisotopic (exact) mass is 200 g/mol. The Kier molecular flexibility index (Phi) is 2.37. The van der Waals surface area contributed by atoms with E-state index in [4.69, 9.17) is 14.2 Å². The second-order valence-corrected chi connectivity index (χ2v) is 4.97. The summed E-state index contributed by atoms with van der Waals surface area (Å²) in [5.74, 6) is -0.0157. The fraction of sp³-hybridized carbons (Fsp3) is 1.00. The quantitative estimate of drug-likeness (QED) is 0.638. The van der Waals surface area contributed by atoms with Crippen LogP contribution < -0.4 is 0 Å². The first kappa shape index (κ1) is 10.4. The van der Waals surface area contributed by atoms with Gasteiger partial charge in [0.1, 0.15) is 0 Å². The fourth-order valence-corrected chi connectivity index (χ4v) is 2.44.